The molecular weight excluding hydrogens is 719 g/mol. The summed E-state index contributed by atoms with van der Waals surface area (Å²) in [6.45, 7) is 4.71. The Morgan fingerprint density at radius 2 is 0.948 bits per heavy atom. The van der Waals surface area contributed by atoms with Crippen LogP contribution in [0.15, 0.2) is 210 Å². The van der Waals surface area contributed by atoms with Crippen molar-refractivity contribution in [1.82, 2.24) is 0 Å². The highest BCUT2D eigenvalue weighted by Crippen LogP contribution is 2.63. The number of rotatable bonds is 4. The van der Waals surface area contributed by atoms with Crippen LogP contribution < -0.4 is 4.90 Å². The Morgan fingerprint density at radius 1 is 0.379 bits per heavy atom. The van der Waals surface area contributed by atoms with Crippen LogP contribution in [0, 0.1) is 0 Å². The standard InChI is InChI=1S/C56H39NS/c1-55(2)47-21-11-8-18-43(47)46-31-30-41(35-51(46)55)57(39-15-4-3-5-16-39)40-28-24-36(25-29-40)38-26-32-50-53(34-38)58-52-33-27-37-14-6-7-17-42(37)54(52)56(50)48-22-12-9-19-44(48)45-20-10-13-23-49(45)56/h3-35H,1-2H3. The van der Waals surface area contributed by atoms with Crippen molar-refractivity contribution in [2.45, 2.75) is 34.5 Å². The number of para-hydroxylation sites is 1. The van der Waals surface area contributed by atoms with Crippen molar-refractivity contribution in [3.05, 3.63) is 234 Å². The Balaban J connectivity index is 0.984. The Hall–Kier alpha value is -6.61. The maximum atomic E-state index is 2.44. The molecule has 0 amide bonds. The van der Waals surface area contributed by atoms with E-state index in [-0.39, 0.29) is 5.41 Å². The molecule has 58 heavy (non-hydrogen) atoms. The van der Waals surface area contributed by atoms with E-state index in [0.29, 0.717) is 0 Å². The maximum Gasteiger partial charge on any atom is 0.0741 e. The number of fused-ring (bicyclic) bond motifs is 14. The largest absolute Gasteiger partial charge is 0.310 e. The van der Waals surface area contributed by atoms with Crippen LogP contribution in [-0.4, -0.2) is 0 Å². The van der Waals surface area contributed by atoms with E-state index in [9.17, 15) is 0 Å². The number of hydrogen-bond acceptors (Lipinski definition) is 2. The van der Waals surface area contributed by atoms with E-state index in [1.165, 1.54) is 87.3 Å². The number of hydrogen-bond donors (Lipinski definition) is 0. The lowest BCUT2D eigenvalue weighted by Crippen LogP contribution is -2.32. The summed E-state index contributed by atoms with van der Waals surface area (Å²) in [6, 6.07) is 74.8. The second-order valence-electron chi connectivity index (χ2n) is 16.4. The molecule has 0 saturated carbocycles. The fraction of sp³-hybridized carbons (Fsp3) is 0.0714. The van der Waals surface area contributed by atoms with E-state index in [4.69, 9.17) is 0 Å². The second-order valence-corrected chi connectivity index (χ2v) is 17.5. The monoisotopic (exact) mass is 757 g/mol. The number of anilines is 3. The van der Waals surface area contributed by atoms with E-state index >= 15 is 0 Å². The molecule has 274 valence electrons. The van der Waals surface area contributed by atoms with E-state index in [0.717, 1.165) is 17.1 Å². The summed E-state index contributed by atoms with van der Waals surface area (Å²) in [5, 5.41) is 2.60. The average Bonchev–Trinajstić information content (AvgIpc) is 3.69. The molecule has 9 aromatic carbocycles. The fourth-order valence-corrected chi connectivity index (χ4v) is 11.8. The minimum atomic E-state index is -0.422. The lowest BCUT2D eigenvalue weighted by atomic mass is 9.66. The predicted octanol–water partition coefficient (Wildman–Crippen LogP) is 15.1. The highest BCUT2D eigenvalue weighted by molar-refractivity contribution is 7.99. The molecule has 0 unspecified atom stereocenters. The van der Waals surface area contributed by atoms with Gasteiger partial charge in [-0.05, 0) is 126 Å². The molecule has 0 radical (unpaired) electrons. The number of benzene rings is 9. The van der Waals surface area contributed by atoms with Crippen LogP contribution in [0.4, 0.5) is 17.1 Å². The predicted molar refractivity (Wildman–Crippen MR) is 243 cm³/mol. The molecule has 2 heteroatoms. The van der Waals surface area contributed by atoms with Crippen molar-refractivity contribution >= 4 is 39.6 Å². The first-order chi connectivity index (χ1) is 28.5. The molecular formula is C56H39NS. The molecule has 0 N–H and O–H groups in total. The van der Waals surface area contributed by atoms with Crippen molar-refractivity contribution < 1.29 is 0 Å². The topological polar surface area (TPSA) is 3.24 Å². The van der Waals surface area contributed by atoms with Crippen molar-refractivity contribution in [2.75, 3.05) is 4.90 Å². The summed E-state index contributed by atoms with van der Waals surface area (Å²) < 4.78 is 0. The molecule has 0 bridgehead atoms. The van der Waals surface area contributed by atoms with Crippen molar-refractivity contribution in [3.8, 4) is 33.4 Å². The summed E-state index contributed by atoms with van der Waals surface area (Å²) in [7, 11) is 0. The molecule has 0 aromatic heterocycles. The zero-order valence-corrected chi connectivity index (χ0v) is 33.2. The van der Waals surface area contributed by atoms with Gasteiger partial charge in [0.1, 0.15) is 0 Å². The molecule has 1 spiro atoms. The van der Waals surface area contributed by atoms with Gasteiger partial charge in [-0.1, -0.05) is 177 Å². The molecule has 0 fully saturated rings. The van der Waals surface area contributed by atoms with Crippen molar-refractivity contribution in [2.24, 2.45) is 0 Å². The van der Waals surface area contributed by atoms with Gasteiger partial charge >= 0.3 is 0 Å². The maximum absolute atomic E-state index is 2.44. The minimum absolute atomic E-state index is 0.0759. The van der Waals surface area contributed by atoms with Gasteiger partial charge < -0.3 is 4.90 Å². The van der Waals surface area contributed by atoms with Crippen LogP contribution in [0.5, 0.6) is 0 Å². The third-order valence-electron chi connectivity index (χ3n) is 13.1. The molecule has 1 aliphatic heterocycles. The van der Waals surface area contributed by atoms with Crippen LogP contribution >= 0.6 is 11.8 Å². The summed E-state index contributed by atoms with van der Waals surface area (Å²) in [5.74, 6) is 0. The molecule has 1 heterocycles. The van der Waals surface area contributed by atoms with Crippen LogP contribution in [0.25, 0.3) is 44.2 Å². The zero-order valence-electron chi connectivity index (χ0n) is 32.4. The zero-order chi connectivity index (χ0) is 38.6. The van der Waals surface area contributed by atoms with Gasteiger partial charge in [-0.25, -0.2) is 0 Å². The van der Waals surface area contributed by atoms with E-state index in [1.54, 1.807) is 0 Å². The Morgan fingerprint density at radius 3 is 1.69 bits per heavy atom. The third-order valence-corrected chi connectivity index (χ3v) is 14.2. The number of nitrogens with zero attached hydrogens (tertiary/aromatic N) is 1. The van der Waals surface area contributed by atoms with Crippen molar-refractivity contribution in [1.29, 1.82) is 0 Å². The first kappa shape index (κ1) is 33.5. The molecule has 9 aromatic rings. The summed E-state index contributed by atoms with van der Waals surface area (Å²) in [4.78, 5) is 5.03. The third kappa shape index (κ3) is 4.61. The van der Waals surface area contributed by atoms with Crippen LogP contribution in [-0.2, 0) is 10.8 Å². The molecule has 2 aliphatic carbocycles. The van der Waals surface area contributed by atoms with Gasteiger partial charge in [-0.2, -0.15) is 0 Å². The van der Waals surface area contributed by atoms with Gasteiger partial charge in [0.25, 0.3) is 0 Å². The van der Waals surface area contributed by atoms with Gasteiger partial charge in [0.05, 0.1) is 5.41 Å². The summed E-state index contributed by atoms with van der Waals surface area (Å²) in [5.41, 5.74) is 19.0. The molecule has 3 aliphatic rings. The molecule has 0 saturated heterocycles. The fourth-order valence-electron chi connectivity index (χ4n) is 10.5. The Bertz CT molecular complexity index is 3080. The molecule has 12 rings (SSSR count). The lowest BCUT2D eigenvalue weighted by molar-refractivity contribution is 0.660. The van der Waals surface area contributed by atoms with Gasteiger partial charge in [0.15, 0.2) is 0 Å². The van der Waals surface area contributed by atoms with Gasteiger partial charge in [0.2, 0.25) is 0 Å². The Kier molecular flexibility index (Phi) is 7.19. The smallest absolute Gasteiger partial charge is 0.0741 e. The summed E-state index contributed by atoms with van der Waals surface area (Å²) >= 11 is 1.92. The molecule has 1 nitrogen and oxygen atoms in total. The SMILES string of the molecule is CC1(C)c2ccccc2-c2ccc(N(c3ccccc3)c3ccc(-c4ccc5c(c4)Sc4ccc6ccccc6c4C54c5ccccc5-c5ccccc54)cc3)cc21. The van der Waals surface area contributed by atoms with Crippen LogP contribution in [0.3, 0.4) is 0 Å². The van der Waals surface area contributed by atoms with Gasteiger partial charge in [0, 0.05) is 32.3 Å². The first-order valence-electron chi connectivity index (χ1n) is 20.3. The van der Waals surface area contributed by atoms with Crippen molar-refractivity contribution in [3.63, 3.8) is 0 Å². The lowest BCUT2D eigenvalue weighted by Gasteiger charge is -2.40. The quantitative estimate of drug-likeness (QED) is 0.176. The second kappa shape index (κ2) is 12.4. The first-order valence-corrected chi connectivity index (χ1v) is 21.1. The summed E-state index contributed by atoms with van der Waals surface area (Å²) in [6.07, 6.45) is 0. The van der Waals surface area contributed by atoms with E-state index in [1.807, 2.05) is 11.8 Å². The Labute approximate surface area is 344 Å². The van der Waals surface area contributed by atoms with Crippen LogP contribution in [0.2, 0.25) is 0 Å². The normalized spacial score (nSPS) is 14.6. The average molecular weight is 758 g/mol. The highest BCUT2D eigenvalue weighted by atomic mass is 32.2. The molecule has 0 atom stereocenters. The van der Waals surface area contributed by atoms with Crippen LogP contribution in [0.1, 0.15) is 47.2 Å². The van der Waals surface area contributed by atoms with Gasteiger partial charge in [-0.15, -0.1) is 0 Å². The highest BCUT2D eigenvalue weighted by Gasteiger charge is 2.51. The van der Waals surface area contributed by atoms with E-state index in [2.05, 4.69) is 219 Å². The van der Waals surface area contributed by atoms with Gasteiger partial charge in [-0.3, -0.25) is 0 Å². The van der Waals surface area contributed by atoms with E-state index < -0.39 is 5.41 Å². The minimum Gasteiger partial charge on any atom is -0.310 e.